The van der Waals surface area contributed by atoms with Gasteiger partial charge in [0.15, 0.2) is 0 Å². The van der Waals surface area contributed by atoms with Gasteiger partial charge in [-0.05, 0) is 191 Å². The van der Waals surface area contributed by atoms with Gasteiger partial charge in [0, 0.05) is 30.2 Å². The van der Waals surface area contributed by atoms with Gasteiger partial charge in [0.2, 0.25) is 0 Å². The van der Waals surface area contributed by atoms with Gasteiger partial charge < -0.3 is 41.6 Å². The van der Waals surface area contributed by atoms with Crippen LogP contribution in [-0.4, -0.2) is 65.3 Å². The van der Waals surface area contributed by atoms with Crippen molar-refractivity contribution in [2.24, 2.45) is 11.5 Å². The van der Waals surface area contributed by atoms with E-state index in [1.54, 1.807) is 0 Å². The third-order valence-corrected chi connectivity index (χ3v) is 10.6. The average Bonchev–Trinajstić information content (AvgIpc) is 3.32. The molecule has 0 fully saturated rings. The molecule has 5 aromatic carbocycles. The van der Waals surface area contributed by atoms with Gasteiger partial charge in [0.1, 0.15) is 16.8 Å². The molecule has 0 aliphatic heterocycles. The molecule has 5 unspecified atom stereocenters. The van der Waals surface area contributed by atoms with Crippen molar-refractivity contribution in [2.75, 3.05) is 0 Å². The van der Waals surface area contributed by atoms with E-state index in [1.807, 2.05) is 96.9 Å². The van der Waals surface area contributed by atoms with Crippen molar-refractivity contribution in [1.82, 2.24) is 16.0 Å². The number of rotatable bonds is 13. The SMILES string of the molecule is C.C.C.Cc1ccc(CC(C)N)cc1.Cc1ccc(CC(C)N)cc1.Cc1ccc(CC(C)NC(=O)OC(C)(C)C)cc1.Cc1ccc(CC(C)NC(=O)OC(C)(C)C)cc1.Cc1ccc(CC(C)NC(=O)OC(C)(C)C)cc1.I[I-]I.I[I-]I. The Labute approximate surface area is 578 Å². The summed E-state index contributed by atoms with van der Waals surface area (Å²) in [7, 11) is 0. The van der Waals surface area contributed by atoms with Gasteiger partial charge in [-0.15, -0.1) is 0 Å². The Kier molecular flexibility index (Phi) is 55.1. The third kappa shape index (κ3) is 58.3. The van der Waals surface area contributed by atoms with Crippen LogP contribution in [0, 0.1) is 34.6 Å². The van der Waals surface area contributed by atoms with Crippen molar-refractivity contribution in [1.29, 1.82) is 0 Å². The first-order chi connectivity index (χ1) is 38.0. The Morgan fingerprint density at radius 2 is 0.506 bits per heavy atom. The van der Waals surface area contributed by atoms with Crippen molar-refractivity contribution < 1.29 is 55.1 Å². The summed E-state index contributed by atoms with van der Waals surface area (Å²) in [6, 6.07) is 42.7. The molecule has 3 amide bonds. The summed E-state index contributed by atoms with van der Waals surface area (Å²) in [5, 5.41) is 8.52. The number of amides is 3. The van der Waals surface area contributed by atoms with Gasteiger partial charge in [0.25, 0.3) is 0 Å². The summed E-state index contributed by atoms with van der Waals surface area (Å²) in [4.78, 5) is 34.7. The molecular weight excluding hydrogens is 1740 g/mol. The number of aryl methyl sites for hydroxylation is 5. The monoisotopic (exact) mass is 1860 g/mol. The number of nitrogens with two attached hydrogens (primary N) is 2. The second-order valence-electron chi connectivity index (χ2n) is 23.7. The Bertz CT molecular complexity index is 2200. The second-order valence-corrected chi connectivity index (χ2v) is 56.1. The van der Waals surface area contributed by atoms with Crippen LogP contribution in [0.15, 0.2) is 121 Å². The predicted molar refractivity (Wildman–Crippen MR) is 394 cm³/mol. The van der Waals surface area contributed by atoms with Crippen LogP contribution in [0.25, 0.3) is 0 Å². The number of carbonyl (C=O) groups is 3. The van der Waals surface area contributed by atoms with E-state index in [0.29, 0.717) is 26.5 Å². The first-order valence-electron chi connectivity index (χ1n) is 27.5. The van der Waals surface area contributed by atoms with E-state index < -0.39 is 16.8 Å². The third-order valence-electron chi connectivity index (χ3n) is 10.6. The number of hydrogen-bond acceptors (Lipinski definition) is 8. The zero-order valence-electron chi connectivity index (χ0n) is 52.3. The Hall–Kier alpha value is -1.79. The Morgan fingerprint density at radius 1 is 0.365 bits per heavy atom. The van der Waals surface area contributed by atoms with Crippen molar-refractivity contribution >= 4 is 92.7 Å². The van der Waals surface area contributed by atoms with Gasteiger partial charge in [0.05, 0.1) is 0 Å². The number of hydrogen-bond donors (Lipinski definition) is 5. The molecule has 488 valence electrons. The van der Waals surface area contributed by atoms with E-state index in [1.165, 1.54) is 55.6 Å². The molecule has 0 spiro atoms. The number of benzene rings is 5. The molecule has 17 heteroatoms. The van der Waals surface area contributed by atoms with Crippen LogP contribution in [0.2, 0.25) is 0 Å². The number of ether oxygens (including phenoxy) is 3. The van der Waals surface area contributed by atoms with Gasteiger partial charge in [-0.25, -0.2) is 14.4 Å². The molecule has 0 saturated heterocycles. The predicted octanol–water partition coefficient (Wildman–Crippen LogP) is 13.6. The molecular formula is C68H111I6N5O6-2. The summed E-state index contributed by atoms with van der Waals surface area (Å²) in [6.07, 6.45) is 3.28. The molecule has 11 nitrogen and oxygen atoms in total. The molecule has 0 aromatic heterocycles. The van der Waals surface area contributed by atoms with Crippen LogP contribution in [0.3, 0.4) is 0 Å². The standard InChI is InChI=1S/3C15H23NO2.2C10H15N.3CH4.2I3/c3*1-11-6-8-13(9-7-11)10-12(2)16-14(17)18-15(3,4)5;2*1-8-3-5-10(6-4-8)7-9(2)11;;;;2*1-3-2/h3*6-9,12H,10H2,1-5H3,(H,16,17);2*3-6,9H,7,11H2,1-2H3;3*1H4;;/q;;;;;;;;2*-1. The van der Waals surface area contributed by atoms with Crippen molar-refractivity contribution in [3.05, 3.63) is 177 Å². The van der Waals surface area contributed by atoms with E-state index >= 15 is 0 Å². The number of halogens is 6. The number of nitrogens with one attached hydrogen (secondary N) is 3. The van der Waals surface area contributed by atoms with Gasteiger partial charge in [-0.2, -0.15) is 0 Å². The summed E-state index contributed by atoms with van der Waals surface area (Å²) >= 11 is 10.6. The van der Waals surface area contributed by atoms with Crippen molar-refractivity contribution in [3.63, 3.8) is 0 Å². The molecule has 7 N–H and O–H groups in total. The second kappa shape index (κ2) is 50.9. The molecule has 0 aliphatic carbocycles. The minimum absolute atomic E-state index is 0. The van der Waals surface area contributed by atoms with E-state index in [9.17, 15) is 14.4 Å². The van der Waals surface area contributed by atoms with Crippen molar-refractivity contribution in [2.45, 2.75) is 233 Å². The maximum absolute atomic E-state index is 11.6. The van der Waals surface area contributed by atoms with Crippen LogP contribution in [-0.2, 0) is 46.3 Å². The molecule has 0 bridgehead atoms. The van der Waals surface area contributed by atoms with E-state index in [-0.39, 0.29) is 70.8 Å². The van der Waals surface area contributed by atoms with Crippen LogP contribution < -0.4 is 53.9 Å². The first-order valence-corrected chi connectivity index (χ1v) is 52.6. The molecule has 0 saturated carbocycles. The van der Waals surface area contributed by atoms with Gasteiger partial charge in [-0.3, -0.25) is 0 Å². The molecule has 0 radical (unpaired) electrons. The number of carbonyl (C=O) groups excluding carboxylic acids is 3. The average molecular weight is 1860 g/mol. The molecule has 5 atom stereocenters. The summed E-state index contributed by atoms with van der Waals surface area (Å²) in [5.41, 5.74) is 22.6. The Morgan fingerprint density at radius 3 is 0.635 bits per heavy atom. The summed E-state index contributed by atoms with van der Waals surface area (Å²) < 4.78 is 15.6. The quantitative estimate of drug-likeness (QED) is 0.0574. The fourth-order valence-corrected chi connectivity index (χ4v) is 7.10. The summed E-state index contributed by atoms with van der Waals surface area (Å²) in [6.45, 7) is 37.1. The van der Waals surface area contributed by atoms with Crippen LogP contribution >= 0.6 is 74.5 Å². The maximum atomic E-state index is 11.6. The normalized spacial score (nSPS) is 12.1. The minimum atomic E-state index is -0.451. The molecule has 5 rings (SSSR count). The zero-order valence-corrected chi connectivity index (χ0v) is 65.3. The topological polar surface area (TPSA) is 167 Å². The van der Waals surface area contributed by atoms with Gasteiger partial charge in [-0.1, -0.05) is 171 Å². The zero-order chi connectivity index (χ0) is 63.2. The van der Waals surface area contributed by atoms with Crippen LogP contribution in [0.5, 0.6) is 0 Å². The van der Waals surface area contributed by atoms with Crippen LogP contribution in [0.1, 0.15) is 175 Å². The van der Waals surface area contributed by atoms with E-state index in [4.69, 9.17) is 25.7 Å². The Balaban J connectivity index is -0.000000307. The molecule has 5 aromatic rings. The first kappa shape index (κ1) is 91.9. The fraction of sp³-hybridized carbons (Fsp3) is 0.515. The number of alkyl carbamates (subject to hydrolysis) is 3. The molecule has 0 heterocycles. The fourth-order valence-electron chi connectivity index (χ4n) is 7.10. The molecule has 85 heavy (non-hydrogen) atoms. The molecule has 0 aliphatic rings. The van der Waals surface area contributed by atoms with E-state index in [0.717, 1.165) is 32.1 Å². The van der Waals surface area contributed by atoms with Crippen molar-refractivity contribution in [3.8, 4) is 0 Å². The van der Waals surface area contributed by atoms with Gasteiger partial charge >= 0.3 is 119 Å². The van der Waals surface area contributed by atoms with E-state index in [2.05, 4.69) is 246 Å². The summed E-state index contributed by atoms with van der Waals surface area (Å²) in [5.74, 6) is 0. The van der Waals surface area contributed by atoms with Crippen LogP contribution in [0.4, 0.5) is 14.4 Å².